The van der Waals surface area contributed by atoms with Crippen molar-refractivity contribution in [1.29, 1.82) is 0 Å². The minimum atomic E-state index is -0.760. The lowest BCUT2D eigenvalue weighted by Gasteiger charge is -2.39. The lowest BCUT2D eigenvalue weighted by molar-refractivity contribution is -0.122. The van der Waals surface area contributed by atoms with Gasteiger partial charge >= 0.3 is 0 Å². The molecule has 1 aliphatic heterocycles. The number of nitrogens with zero attached hydrogens (tertiary/aromatic N) is 3. The number of aryl methyl sites for hydroxylation is 1. The number of imidazole rings is 1. The molecule has 0 radical (unpaired) electrons. The average Bonchev–Trinajstić information content (AvgIpc) is 3.28. The number of pyridine rings is 2. The van der Waals surface area contributed by atoms with Gasteiger partial charge < -0.3 is 19.6 Å². The number of amides is 1. The number of rotatable bonds is 3. The van der Waals surface area contributed by atoms with Crippen LogP contribution in [0.25, 0.3) is 5.65 Å². The summed E-state index contributed by atoms with van der Waals surface area (Å²) in [6.07, 6.45) is 7.66. The topological polar surface area (TPSA) is 106 Å². The van der Waals surface area contributed by atoms with Crippen LogP contribution in [0.1, 0.15) is 33.6 Å². The van der Waals surface area contributed by atoms with Gasteiger partial charge in [0, 0.05) is 31.2 Å². The first-order valence-corrected chi connectivity index (χ1v) is 10.1. The monoisotopic (exact) mass is 430 g/mol. The summed E-state index contributed by atoms with van der Waals surface area (Å²) >= 11 is 0. The lowest BCUT2D eigenvalue weighted by Crippen LogP contribution is -2.50. The second kappa shape index (κ2) is 8.89. The summed E-state index contributed by atoms with van der Waals surface area (Å²) in [5.41, 5.74) is 3.48. The number of ether oxygens (including phenoxy) is 1. The van der Waals surface area contributed by atoms with Crippen molar-refractivity contribution in [2.45, 2.75) is 18.9 Å². The highest BCUT2D eigenvalue weighted by Gasteiger charge is 2.42. The van der Waals surface area contributed by atoms with E-state index in [2.05, 4.69) is 39.6 Å². The van der Waals surface area contributed by atoms with Crippen molar-refractivity contribution in [1.82, 2.24) is 19.7 Å². The van der Waals surface area contributed by atoms with Crippen molar-refractivity contribution >= 4 is 18.0 Å². The summed E-state index contributed by atoms with van der Waals surface area (Å²) in [5, 5.41) is 10.2. The molecule has 8 heteroatoms. The lowest BCUT2D eigenvalue weighted by atomic mass is 9.81. The Labute approximate surface area is 184 Å². The van der Waals surface area contributed by atoms with Crippen LogP contribution >= 0.6 is 0 Å². The number of nitrogens with one attached hydrogen (secondary N) is 1. The maximum Gasteiger partial charge on any atom is 0.290 e. The molecule has 4 heterocycles. The van der Waals surface area contributed by atoms with E-state index in [0.717, 1.165) is 22.5 Å². The molecule has 0 saturated carbocycles. The maximum absolute atomic E-state index is 13.3. The molecule has 5 rings (SSSR count). The normalized spacial score (nSPS) is 16.8. The van der Waals surface area contributed by atoms with Crippen LogP contribution in [0.2, 0.25) is 0 Å². The smallest absolute Gasteiger partial charge is 0.290 e. The average molecular weight is 430 g/mol. The van der Waals surface area contributed by atoms with Crippen molar-refractivity contribution in [3.05, 3.63) is 95.7 Å². The van der Waals surface area contributed by atoms with Gasteiger partial charge in [0.2, 0.25) is 0 Å². The Morgan fingerprint density at radius 2 is 1.94 bits per heavy atom. The zero-order valence-electron chi connectivity index (χ0n) is 17.4. The molecule has 1 atom stereocenters. The zero-order chi connectivity index (χ0) is 22.6. The molecule has 1 aromatic carbocycles. The van der Waals surface area contributed by atoms with Crippen LogP contribution in [0.3, 0.4) is 0 Å². The summed E-state index contributed by atoms with van der Waals surface area (Å²) in [7, 11) is 0. The second-order valence-corrected chi connectivity index (χ2v) is 7.39. The van der Waals surface area contributed by atoms with Crippen molar-refractivity contribution < 1.29 is 19.4 Å². The van der Waals surface area contributed by atoms with Crippen LogP contribution in [-0.2, 0) is 10.3 Å². The van der Waals surface area contributed by atoms with Crippen molar-refractivity contribution in [2.24, 2.45) is 0 Å². The van der Waals surface area contributed by atoms with E-state index in [1.165, 1.54) is 0 Å². The Morgan fingerprint density at radius 1 is 1.16 bits per heavy atom. The fourth-order valence-electron chi connectivity index (χ4n) is 3.89. The van der Waals surface area contributed by atoms with E-state index in [4.69, 9.17) is 14.6 Å². The Kier molecular flexibility index (Phi) is 5.85. The third-order valence-electron chi connectivity index (χ3n) is 5.43. The van der Waals surface area contributed by atoms with Crippen LogP contribution in [0.5, 0.6) is 5.75 Å². The standard InChI is InChI=1S/C23H20N4O2.CH2O2/c1-16-4-7-18(8-5-16)23(10-14-29-19-3-2-11-25-21(19)23)26-22(28)17-6-9-20-24-12-13-27(20)15-17;2-1-3/h2-9,11-13,15H,10,14H2,1H3,(H,26,28);1H,(H,2,3)/t23-;/m0./s1. The quantitative estimate of drug-likeness (QED) is 0.484. The van der Waals surface area contributed by atoms with E-state index in [-0.39, 0.29) is 12.4 Å². The molecular formula is C24H22N4O4. The predicted octanol–water partition coefficient (Wildman–Crippen LogP) is 3.19. The fraction of sp³-hybridized carbons (Fsp3) is 0.167. The molecule has 3 aromatic heterocycles. The van der Waals surface area contributed by atoms with Crippen LogP contribution < -0.4 is 10.1 Å². The number of aromatic nitrogens is 3. The summed E-state index contributed by atoms with van der Waals surface area (Å²) in [6.45, 7) is 2.29. The van der Waals surface area contributed by atoms with Crippen LogP contribution in [0.15, 0.2) is 73.3 Å². The molecule has 0 saturated heterocycles. The van der Waals surface area contributed by atoms with E-state index in [9.17, 15) is 4.79 Å². The highest BCUT2D eigenvalue weighted by molar-refractivity contribution is 5.95. The molecule has 0 spiro atoms. The number of hydrogen-bond acceptors (Lipinski definition) is 5. The zero-order valence-corrected chi connectivity index (χ0v) is 17.4. The first kappa shape index (κ1) is 21.0. The molecular weight excluding hydrogens is 408 g/mol. The minimum Gasteiger partial charge on any atom is -0.491 e. The molecule has 1 amide bonds. The summed E-state index contributed by atoms with van der Waals surface area (Å²) in [5.74, 6) is 0.532. The number of carbonyl (C=O) groups is 2. The van der Waals surface area contributed by atoms with Gasteiger partial charge in [-0.3, -0.25) is 14.6 Å². The number of hydrogen-bond donors (Lipinski definition) is 2. The summed E-state index contributed by atoms with van der Waals surface area (Å²) < 4.78 is 7.67. The number of fused-ring (bicyclic) bond motifs is 2. The van der Waals surface area contributed by atoms with Gasteiger partial charge in [-0.2, -0.15) is 0 Å². The Morgan fingerprint density at radius 3 is 2.72 bits per heavy atom. The molecule has 0 fully saturated rings. The molecule has 32 heavy (non-hydrogen) atoms. The second-order valence-electron chi connectivity index (χ2n) is 7.39. The minimum absolute atomic E-state index is 0.167. The number of carboxylic acid groups (broad SMARTS) is 1. The first-order chi connectivity index (χ1) is 15.6. The molecule has 2 N–H and O–H groups in total. The number of carbonyl (C=O) groups excluding carboxylic acids is 1. The SMILES string of the molecule is Cc1ccc([C@@]2(NC(=O)c3ccc4nccn4c3)CCOc3cccnc32)cc1.O=CO. The summed E-state index contributed by atoms with van der Waals surface area (Å²) in [6, 6.07) is 15.6. The van der Waals surface area contributed by atoms with Crippen LogP contribution in [-0.4, -0.2) is 38.5 Å². The Hall–Kier alpha value is -4.20. The van der Waals surface area contributed by atoms with E-state index in [1.807, 2.05) is 35.7 Å². The molecule has 1 aliphatic rings. The van der Waals surface area contributed by atoms with Gasteiger partial charge in [-0.15, -0.1) is 0 Å². The van der Waals surface area contributed by atoms with Crippen molar-refractivity contribution in [3.63, 3.8) is 0 Å². The van der Waals surface area contributed by atoms with Gasteiger partial charge in [-0.25, -0.2) is 4.98 Å². The Balaban J connectivity index is 0.000000775. The molecule has 8 nitrogen and oxygen atoms in total. The fourth-order valence-corrected chi connectivity index (χ4v) is 3.89. The van der Waals surface area contributed by atoms with Crippen molar-refractivity contribution in [3.8, 4) is 5.75 Å². The molecule has 0 aliphatic carbocycles. The predicted molar refractivity (Wildman–Crippen MR) is 118 cm³/mol. The Bertz CT molecular complexity index is 1250. The third kappa shape index (κ3) is 3.90. The number of benzene rings is 1. The van der Waals surface area contributed by atoms with Crippen LogP contribution in [0.4, 0.5) is 0 Å². The van der Waals surface area contributed by atoms with E-state index < -0.39 is 5.54 Å². The van der Waals surface area contributed by atoms with Gasteiger partial charge in [0.05, 0.1) is 12.2 Å². The van der Waals surface area contributed by atoms with E-state index in [0.29, 0.717) is 24.3 Å². The van der Waals surface area contributed by atoms with Gasteiger partial charge in [0.15, 0.2) is 0 Å². The summed E-state index contributed by atoms with van der Waals surface area (Å²) in [4.78, 5) is 30.5. The van der Waals surface area contributed by atoms with Crippen LogP contribution in [0, 0.1) is 6.92 Å². The molecule has 0 unspecified atom stereocenters. The van der Waals surface area contributed by atoms with Crippen molar-refractivity contribution in [2.75, 3.05) is 6.61 Å². The van der Waals surface area contributed by atoms with E-state index in [1.54, 1.807) is 24.7 Å². The van der Waals surface area contributed by atoms with Gasteiger partial charge in [-0.05, 0) is 36.8 Å². The highest BCUT2D eigenvalue weighted by Crippen LogP contribution is 2.40. The largest absolute Gasteiger partial charge is 0.491 e. The highest BCUT2D eigenvalue weighted by atomic mass is 16.5. The van der Waals surface area contributed by atoms with Gasteiger partial charge in [0.25, 0.3) is 12.4 Å². The molecule has 4 aromatic rings. The molecule has 0 bridgehead atoms. The van der Waals surface area contributed by atoms with Gasteiger partial charge in [-0.1, -0.05) is 29.8 Å². The van der Waals surface area contributed by atoms with Gasteiger partial charge in [0.1, 0.15) is 22.6 Å². The van der Waals surface area contributed by atoms with E-state index >= 15 is 0 Å². The third-order valence-corrected chi connectivity index (χ3v) is 5.43. The molecule has 162 valence electrons. The first-order valence-electron chi connectivity index (χ1n) is 10.1. The maximum atomic E-state index is 13.3.